The lowest BCUT2D eigenvalue weighted by Gasteiger charge is -2.12. The van der Waals surface area contributed by atoms with E-state index < -0.39 is 5.82 Å². The first-order chi connectivity index (χ1) is 13.5. The SMILES string of the molecule is N#C/C(=C/c1cc(Cl)c(OCc2ccc(I)cc2)c(Br)c1)c1ccccc1F. The van der Waals surface area contributed by atoms with Crippen molar-refractivity contribution in [3.63, 3.8) is 0 Å². The van der Waals surface area contributed by atoms with Crippen LogP contribution < -0.4 is 4.74 Å². The summed E-state index contributed by atoms with van der Waals surface area (Å²) in [5.41, 5.74) is 2.15. The lowest BCUT2D eigenvalue weighted by Crippen LogP contribution is -1.97. The van der Waals surface area contributed by atoms with Crippen molar-refractivity contribution in [2.75, 3.05) is 0 Å². The van der Waals surface area contributed by atoms with E-state index in [9.17, 15) is 9.65 Å². The molecule has 0 fully saturated rings. The van der Waals surface area contributed by atoms with Crippen LogP contribution in [0.3, 0.4) is 0 Å². The summed E-state index contributed by atoms with van der Waals surface area (Å²) in [6, 6.07) is 19.7. The van der Waals surface area contributed by atoms with Crippen LogP contribution in [0.2, 0.25) is 5.02 Å². The fraction of sp³-hybridized carbons (Fsp3) is 0.0455. The molecular formula is C22H13BrClFINO. The maximum atomic E-state index is 14.0. The molecule has 140 valence electrons. The van der Waals surface area contributed by atoms with Gasteiger partial charge in [-0.25, -0.2) is 4.39 Å². The third-order valence-electron chi connectivity index (χ3n) is 3.91. The molecule has 0 aliphatic rings. The lowest BCUT2D eigenvalue weighted by molar-refractivity contribution is 0.304. The zero-order chi connectivity index (χ0) is 20.1. The first-order valence-electron chi connectivity index (χ1n) is 8.21. The molecule has 3 aromatic rings. The zero-order valence-electron chi connectivity index (χ0n) is 14.4. The van der Waals surface area contributed by atoms with E-state index in [-0.39, 0.29) is 11.1 Å². The molecule has 0 atom stereocenters. The number of hydrogen-bond acceptors (Lipinski definition) is 2. The molecule has 28 heavy (non-hydrogen) atoms. The Morgan fingerprint density at radius 1 is 1.18 bits per heavy atom. The third kappa shape index (κ3) is 5.13. The Hall–Kier alpha value is -1.88. The van der Waals surface area contributed by atoms with Crippen molar-refractivity contribution in [3.8, 4) is 11.8 Å². The second-order valence-corrected chi connectivity index (χ2v) is 8.39. The van der Waals surface area contributed by atoms with E-state index in [0.717, 1.165) is 9.13 Å². The topological polar surface area (TPSA) is 33.0 Å². The average molecular weight is 569 g/mol. The number of nitrogens with zero attached hydrogens (tertiary/aromatic N) is 1. The highest BCUT2D eigenvalue weighted by Gasteiger charge is 2.12. The molecule has 0 radical (unpaired) electrons. The minimum atomic E-state index is -0.446. The van der Waals surface area contributed by atoms with Crippen LogP contribution in [0.15, 0.2) is 65.1 Å². The standard InChI is InChI=1S/C22H13BrClFINO/c23-19-10-15(9-16(12-27)18-3-1-2-4-21(18)25)11-20(24)22(19)28-13-14-5-7-17(26)8-6-14/h1-11H,13H2/b16-9-. The molecule has 2 nitrogen and oxygen atoms in total. The summed E-state index contributed by atoms with van der Waals surface area (Å²) in [5, 5.41) is 9.83. The van der Waals surface area contributed by atoms with Crippen molar-refractivity contribution >= 4 is 61.8 Å². The van der Waals surface area contributed by atoms with Crippen LogP contribution >= 0.6 is 50.1 Å². The quantitative estimate of drug-likeness (QED) is 0.182. The van der Waals surface area contributed by atoms with Gasteiger partial charge in [-0.3, -0.25) is 0 Å². The number of halogens is 4. The van der Waals surface area contributed by atoms with Gasteiger partial charge < -0.3 is 4.74 Å². The van der Waals surface area contributed by atoms with E-state index in [1.807, 2.05) is 30.3 Å². The molecule has 0 N–H and O–H groups in total. The molecule has 0 aliphatic heterocycles. The van der Waals surface area contributed by atoms with Crippen LogP contribution in [0.1, 0.15) is 16.7 Å². The van der Waals surface area contributed by atoms with Crippen molar-refractivity contribution in [1.82, 2.24) is 0 Å². The van der Waals surface area contributed by atoms with Gasteiger partial charge in [-0.1, -0.05) is 41.9 Å². The highest BCUT2D eigenvalue weighted by atomic mass is 127. The smallest absolute Gasteiger partial charge is 0.152 e. The largest absolute Gasteiger partial charge is 0.486 e. The van der Waals surface area contributed by atoms with Gasteiger partial charge in [0.15, 0.2) is 5.75 Å². The molecular weight excluding hydrogens is 556 g/mol. The molecule has 0 spiro atoms. The van der Waals surface area contributed by atoms with Crippen molar-refractivity contribution in [1.29, 1.82) is 5.26 Å². The van der Waals surface area contributed by atoms with Gasteiger partial charge in [0.2, 0.25) is 0 Å². The minimum absolute atomic E-state index is 0.216. The van der Waals surface area contributed by atoms with E-state index in [2.05, 4.69) is 38.5 Å². The Kier molecular flexibility index (Phi) is 7.11. The number of benzene rings is 3. The van der Waals surface area contributed by atoms with Gasteiger partial charge in [-0.05, 0) is 86.1 Å². The van der Waals surface area contributed by atoms with Crippen molar-refractivity contribution in [2.24, 2.45) is 0 Å². The maximum absolute atomic E-state index is 14.0. The van der Waals surface area contributed by atoms with Gasteiger partial charge in [0, 0.05) is 9.13 Å². The molecule has 0 aromatic heterocycles. The summed E-state index contributed by atoms with van der Waals surface area (Å²) in [6.45, 7) is 0.378. The highest BCUT2D eigenvalue weighted by Crippen LogP contribution is 2.36. The number of ether oxygens (including phenoxy) is 1. The summed E-state index contributed by atoms with van der Waals surface area (Å²) in [5.74, 6) is 0.0692. The number of allylic oxidation sites excluding steroid dienone is 1. The van der Waals surface area contributed by atoms with Gasteiger partial charge in [0.25, 0.3) is 0 Å². The fourth-order valence-electron chi connectivity index (χ4n) is 2.55. The molecule has 0 saturated carbocycles. The monoisotopic (exact) mass is 567 g/mol. The Labute approximate surface area is 189 Å². The van der Waals surface area contributed by atoms with E-state index in [1.54, 1.807) is 36.4 Å². The summed E-state index contributed by atoms with van der Waals surface area (Å²) in [4.78, 5) is 0. The van der Waals surface area contributed by atoms with Crippen LogP contribution in [-0.4, -0.2) is 0 Å². The van der Waals surface area contributed by atoms with Crippen LogP contribution in [0.5, 0.6) is 5.75 Å². The van der Waals surface area contributed by atoms with Gasteiger partial charge in [-0.15, -0.1) is 0 Å². The first kappa shape index (κ1) is 20.8. The molecule has 0 bridgehead atoms. The highest BCUT2D eigenvalue weighted by molar-refractivity contribution is 14.1. The van der Waals surface area contributed by atoms with Gasteiger partial charge in [0.05, 0.1) is 21.1 Å². The molecule has 3 rings (SSSR count). The summed E-state index contributed by atoms with van der Waals surface area (Å²) < 4.78 is 21.7. The first-order valence-corrected chi connectivity index (χ1v) is 10.5. The van der Waals surface area contributed by atoms with Crippen LogP contribution in [0, 0.1) is 20.7 Å². The molecule has 0 unspecified atom stereocenters. The third-order valence-corrected chi connectivity index (χ3v) is 5.50. The Morgan fingerprint density at radius 2 is 1.89 bits per heavy atom. The summed E-state index contributed by atoms with van der Waals surface area (Å²) in [7, 11) is 0. The molecule has 0 heterocycles. The predicted molar refractivity (Wildman–Crippen MR) is 123 cm³/mol. The predicted octanol–water partition coefficient (Wildman–Crippen LogP) is 7.49. The second-order valence-electron chi connectivity index (χ2n) is 5.88. The number of rotatable bonds is 5. The maximum Gasteiger partial charge on any atom is 0.152 e. The second kappa shape index (κ2) is 9.55. The van der Waals surface area contributed by atoms with Crippen LogP contribution in [0.25, 0.3) is 11.6 Å². The van der Waals surface area contributed by atoms with E-state index >= 15 is 0 Å². The van der Waals surface area contributed by atoms with Gasteiger partial charge in [0.1, 0.15) is 12.4 Å². The van der Waals surface area contributed by atoms with Crippen LogP contribution in [-0.2, 0) is 6.61 Å². The van der Waals surface area contributed by atoms with Gasteiger partial charge >= 0.3 is 0 Å². The van der Waals surface area contributed by atoms with E-state index in [0.29, 0.717) is 27.4 Å². The number of hydrogen-bond donors (Lipinski definition) is 0. The van der Waals surface area contributed by atoms with E-state index in [4.69, 9.17) is 16.3 Å². The molecule has 0 aliphatic carbocycles. The molecule has 6 heteroatoms. The summed E-state index contributed by atoms with van der Waals surface area (Å²) >= 11 is 12.1. The number of nitriles is 1. The average Bonchev–Trinajstić information content (AvgIpc) is 2.67. The summed E-state index contributed by atoms with van der Waals surface area (Å²) in [6.07, 6.45) is 1.60. The minimum Gasteiger partial charge on any atom is -0.486 e. The Bertz CT molecular complexity index is 1050. The molecule has 0 amide bonds. The van der Waals surface area contributed by atoms with Gasteiger partial charge in [-0.2, -0.15) is 5.26 Å². The Balaban J connectivity index is 1.86. The van der Waals surface area contributed by atoms with Crippen LogP contribution in [0.4, 0.5) is 4.39 Å². The van der Waals surface area contributed by atoms with Crippen molar-refractivity contribution in [2.45, 2.75) is 6.61 Å². The zero-order valence-corrected chi connectivity index (χ0v) is 18.9. The normalized spacial score (nSPS) is 11.2. The fourth-order valence-corrected chi connectivity index (χ4v) is 3.90. The Morgan fingerprint density at radius 3 is 2.54 bits per heavy atom. The molecule has 0 saturated heterocycles. The van der Waals surface area contributed by atoms with Crippen molar-refractivity contribution in [3.05, 3.63) is 96.2 Å². The lowest BCUT2D eigenvalue weighted by atomic mass is 10.0. The van der Waals surface area contributed by atoms with E-state index in [1.165, 1.54) is 6.07 Å². The van der Waals surface area contributed by atoms with Crippen molar-refractivity contribution < 1.29 is 9.13 Å². The molecule has 3 aromatic carbocycles.